The highest BCUT2D eigenvalue weighted by molar-refractivity contribution is 7.14. The fraction of sp³-hybridized carbons (Fsp3) is 0.474. The molecule has 1 heterocycles. The van der Waals surface area contributed by atoms with E-state index in [4.69, 9.17) is 18.9 Å². The number of carbonyl (C=O) groups is 1. The maximum Gasteiger partial charge on any atom is 0.240 e. The first-order valence-corrected chi connectivity index (χ1v) is 9.67. The van der Waals surface area contributed by atoms with Crippen LogP contribution in [0, 0.1) is 0 Å². The standard InChI is InChI=1S/C19H27N3O5S/c1-24-9-7-22(8-10-25-2)12-18(23)21-19-20-16(13-28-19)15-6-5-14(26-3)11-17(15)27-4/h5-6,11,13H,7-10,12H2,1-4H3,(H,20,21,23). The zero-order valence-electron chi connectivity index (χ0n) is 16.7. The molecule has 0 fully saturated rings. The molecule has 2 aromatic rings. The summed E-state index contributed by atoms with van der Waals surface area (Å²) in [4.78, 5) is 18.9. The second-order valence-electron chi connectivity index (χ2n) is 5.91. The highest BCUT2D eigenvalue weighted by Gasteiger charge is 2.15. The maximum absolute atomic E-state index is 12.4. The van der Waals surface area contributed by atoms with Gasteiger partial charge in [-0.05, 0) is 12.1 Å². The number of aromatic nitrogens is 1. The molecule has 0 bridgehead atoms. The topological polar surface area (TPSA) is 82.2 Å². The lowest BCUT2D eigenvalue weighted by molar-refractivity contribution is -0.117. The fourth-order valence-corrected chi connectivity index (χ4v) is 3.26. The highest BCUT2D eigenvalue weighted by Crippen LogP contribution is 2.34. The van der Waals surface area contributed by atoms with E-state index in [0.717, 1.165) is 11.3 Å². The third-order valence-electron chi connectivity index (χ3n) is 4.03. The number of rotatable bonds is 12. The highest BCUT2D eigenvalue weighted by atomic mass is 32.1. The third-order valence-corrected chi connectivity index (χ3v) is 4.78. The average Bonchev–Trinajstić information content (AvgIpc) is 3.17. The van der Waals surface area contributed by atoms with Crippen LogP contribution in [0.15, 0.2) is 23.6 Å². The first-order valence-electron chi connectivity index (χ1n) is 8.79. The Morgan fingerprint density at radius 3 is 2.43 bits per heavy atom. The number of nitrogens with one attached hydrogen (secondary N) is 1. The molecule has 8 nitrogen and oxygen atoms in total. The molecule has 9 heteroatoms. The van der Waals surface area contributed by atoms with E-state index in [-0.39, 0.29) is 12.5 Å². The van der Waals surface area contributed by atoms with Crippen molar-refractivity contribution in [3.63, 3.8) is 0 Å². The van der Waals surface area contributed by atoms with E-state index in [1.54, 1.807) is 34.5 Å². The maximum atomic E-state index is 12.4. The Kier molecular flexibility index (Phi) is 9.15. The predicted molar refractivity (Wildman–Crippen MR) is 109 cm³/mol. The lowest BCUT2D eigenvalue weighted by atomic mass is 10.1. The summed E-state index contributed by atoms with van der Waals surface area (Å²) in [6.07, 6.45) is 0. The molecule has 0 unspecified atom stereocenters. The second-order valence-corrected chi connectivity index (χ2v) is 6.77. The molecule has 0 saturated heterocycles. The van der Waals surface area contributed by atoms with Crippen molar-refractivity contribution in [3.05, 3.63) is 23.6 Å². The van der Waals surface area contributed by atoms with Crippen LogP contribution in [0.4, 0.5) is 5.13 Å². The lowest BCUT2D eigenvalue weighted by Gasteiger charge is -2.20. The number of amides is 1. The van der Waals surface area contributed by atoms with Gasteiger partial charge in [0, 0.05) is 44.3 Å². The molecular weight excluding hydrogens is 382 g/mol. The molecule has 0 aliphatic carbocycles. The Bertz CT molecular complexity index is 745. The van der Waals surface area contributed by atoms with Gasteiger partial charge in [-0.15, -0.1) is 11.3 Å². The van der Waals surface area contributed by atoms with Crippen LogP contribution in [-0.2, 0) is 14.3 Å². The molecule has 154 valence electrons. The Balaban J connectivity index is 2.02. The van der Waals surface area contributed by atoms with Crippen LogP contribution in [0.1, 0.15) is 0 Å². The van der Waals surface area contributed by atoms with Gasteiger partial charge in [0.1, 0.15) is 11.5 Å². The van der Waals surface area contributed by atoms with Gasteiger partial charge < -0.3 is 24.3 Å². The minimum Gasteiger partial charge on any atom is -0.497 e. The van der Waals surface area contributed by atoms with Crippen LogP contribution in [0.5, 0.6) is 11.5 Å². The van der Waals surface area contributed by atoms with Gasteiger partial charge in [0.05, 0.1) is 39.7 Å². The van der Waals surface area contributed by atoms with Gasteiger partial charge in [-0.1, -0.05) is 0 Å². The summed E-state index contributed by atoms with van der Waals surface area (Å²) in [5.74, 6) is 1.24. The van der Waals surface area contributed by atoms with Crippen LogP contribution >= 0.6 is 11.3 Å². The van der Waals surface area contributed by atoms with Gasteiger partial charge in [-0.3, -0.25) is 9.69 Å². The summed E-state index contributed by atoms with van der Waals surface area (Å²) in [7, 11) is 6.48. The number of benzene rings is 1. The molecule has 1 aromatic carbocycles. The van der Waals surface area contributed by atoms with Gasteiger partial charge in [-0.25, -0.2) is 4.98 Å². The van der Waals surface area contributed by atoms with E-state index in [0.29, 0.717) is 42.9 Å². The fourth-order valence-electron chi connectivity index (χ4n) is 2.54. The van der Waals surface area contributed by atoms with Crippen molar-refractivity contribution in [2.45, 2.75) is 0 Å². The Labute approximate surface area is 169 Å². The third kappa shape index (κ3) is 6.45. The van der Waals surface area contributed by atoms with Crippen LogP contribution in [0.2, 0.25) is 0 Å². The Hall–Kier alpha value is -2.20. The van der Waals surface area contributed by atoms with E-state index in [9.17, 15) is 4.79 Å². The van der Waals surface area contributed by atoms with Crippen molar-refractivity contribution in [3.8, 4) is 22.8 Å². The molecule has 0 aliphatic heterocycles. The first-order chi connectivity index (χ1) is 13.6. The molecule has 1 aromatic heterocycles. The van der Waals surface area contributed by atoms with Crippen LogP contribution in [0.25, 0.3) is 11.3 Å². The minimum atomic E-state index is -0.130. The molecule has 0 saturated carbocycles. The molecule has 1 amide bonds. The normalized spacial score (nSPS) is 10.9. The van der Waals surface area contributed by atoms with Gasteiger partial charge >= 0.3 is 0 Å². The lowest BCUT2D eigenvalue weighted by Crippen LogP contribution is -2.37. The van der Waals surface area contributed by atoms with Crippen LogP contribution in [0.3, 0.4) is 0 Å². The van der Waals surface area contributed by atoms with Gasteiger partial charge in [-0.2, -0.15) is 0 Å². The molecular formula is C19H27N3O5S. The number of ether oxygens (including phenoxy) is 4. The molecule has 0 atom stereocenters. The summed E-state index contributed by atoms with van der Waals surface area (Å²) in [5.41, 5.74) is 1.57. The van der Waals surface area contributed by atoms with E-state index >= 15 is 0 Å². The quantitative estimate of drug-likeness (QED) is 0.576. The zero-order valence-corrected chi connectivity index (χ0v) is 17.5. The number of hydrogen-bond donors (Lipinski definition) is 1. The van der Waals surface area contributed by atoms with E-state index in [2.05, 4.69) is 10.3 Å². The van der Waals surface area contributed by atoms with Crippen LogP contribution < -0.4 is 14.8 Å². The number of methoxy groups -OCH3 is 4. The van der Waals surface area contributed by atoms with Crippen molar-refractivity contribution >= 4 is 22.4 Å². The molecule has 0 radical (unpaired) electrons. The average molecular weight is 410 g/mol. The summed E-state index contributed by atoms with van der Waals surface area (Å²) in [5, 5.41) is 5.28. The van der Waals surface area contributed by atoms with Gasteiger partial charge in [0.2, 0.25) is 5.91 Å². The summed E-state index contributed by atoms with van der Waals surface area (Å²) in [6.45, 7) is 2.65. The Morgan fingerprint density at radius 1 is 1.11 bits per heavy atom. The van der Waals surface area contributed by atoms with Crippen molar-refractivity contribution < 1.29 is 23.7 Å². The van der Waals surface area contributed by atoms with Gasteiger partial charge in [0.25, 0.3) is 0 Å². The number of anilines is 1. The summed E-state index contributed by atoms with van der Waals surface area (Å²) in [6, 6.07) is 5.53. The number of nitrogens with zero attached hydrogens (tertiary/aromatic N) is 2. The minimum absolute atomic E-state index is 0.130. The van der Waals surface area contributed by atoms with Crippen LogP contribution in [-0.4, -0.2) is 77.1 Å². The van der Waals surface area contributed by atoms with E-state index in [1.165, 1.54) is 11.3 Å². The monoisotopic (exact) mass is 409 g/mol. The summed E-state index contributed by atoms with van der Waals surface area (Å²) < 4.78 is 20.8. The largest absolute Gasteiger partial charge is 0.497 e. The molecule has 28 heavy (non-hydrogen) atoms. The SMILES string of the molecule is COCCN(CCOC)CC(=O)Nc1nc(-c2ccc(OC)cc2OC)cs1. The van der Waals surface area contributed by atoms with E-state index in [1.807, 2.05) is 22.4 Å². The van der Waals surface area contributed by atoms with E-state index < -0.39 is 0 Å². The number of carbonyl (C=O) groups excluding carboxylic acids is 1. The molecule has 0 spiro atoms. The van der Waals surface area contributed by atoms with Crippen molar-refractivity contribution in [1.82, 2.24) is 9.88 Å². The van der Waals surface area contributed by atoms with Crippen molar-refractivity contribution in [1.29, 1.82) is 0 Å². The number of thiazole rings is 1. The van der Waals surface area contributed by atoms with Crippen molar-refractivity contribution in [2.24, 2.45) is 0 Å². The molecule has 0 aliphatic rings. The first kappa shape index (κ1) is 22.1. The zero-order chi connectivity index (χ0) is 20.4. The number of hydrogen-bond acceptors (Lipinski definition) is 8. The molecule has 2 rings (SSSR count). The summed E-state index contributed by atoms with van der Waals surface area (Å²) >= 11 is 1.37. The smallest absolute Gasteiger partial charge is 0.240 e. The Morgan fingerprint density at radius 2 is 1.82 bits per heavy atom. The van der Waals surface area contributed by atoms with Crippen molar-refractivity contribution in [2.75, 3.05) is 66.6 Å². The molecule has 1 N–H and O–H groups in total. The predicted octanol–water partition coefficient (Wildman–Crippen LogP) is 2.36. The second kappa shape index (κ2) is 11.6. The van der Waals surface area contributed by atoms with Gasteiger partial charge in [0.15, 0.2) is 5.13 Å².